The number of hydrogen-bond acceptors (Lipinski definition) is 4. The summed E-state index contributed by atoms with van der Waals surface area (Å²) in [4.78, 5) is 17.0. The molecule has 1 aromatic heterocycles. The molecule has 0 N–H and O–H groups in total. The Morgan fingerprint density at radius 3 is 2.29 bits per heavy atom. The molecule has 2 aromatic carbocycles. The van der Waals surface area contributed by atoms with Gasteiger partial charge in [0.15, 0.2) is 5.76 Å². The molecule has 6 heteroatoms. The molecule has 1 amide bonds. The summed E-state index contributed by atoms with van der Waals surface area (Å²) in [6, 6.07) is 21.9. The summed E-state index contributed by atoms with van der Waals surface area (Å²) in [5.41, 5.74) is 3.52. The molecule has 162 valence electrons. The molecule has 0 bridgehead atoms. The molecule has 0 saturated carbocycles. The summed E-state index contributed by atoms with van der Waals surface area (Å²) in [7, 11) is -1.08. The Bertz CT molecular complexity index is 1020. The molecule has 0 unspecified atom stereocenters. The summed E-state index contributed by atoms with van der Waals surface area (Å²) >= 11 is 0. The monoisotopic (exact) mass is 436 g/mol. The van der Waals surface area contributed by atoms with Gasteiger partial charge in [0.05, 0.1) is 5.75 Å². The highest BCUT2D eigenvalue weighted by atomic mass is 32.2. The number of piperazine rings is 1. The lowest BCUT2D eigenvalue weighted by Gasteiger charge is -2.34. The van der Waals surface area contributed by atoms with E-state index in [1.165, 1.54) is 11.1 Å². The minimum Gasteiger partial charge on any atom is -0.455 e. The van der Waals surface area contributed by atoms with E-state index in [1.54, 1.807) is 12.1 Å². The van der Waals surface area contributed by atoms with Crippen molar-refractivity contribution in [1.82, 2.24) is 9.80 Å². The molecule has 1 atom stereocenters. The third-order valence-electron chi connectivity index (χ3n) is 5.53. The Kier molecular flexibility index (Phi) is 6.99. The number of carbonyl (C=O) groups is 1. The first kappa shape index (κ1) is 21.5. The van der Waals surface area contributed by atoms with Crippen LogP contribution in [0.25, 0.3) is 0 Å². The van der Waals surface area contributed by atoms with Crippen molar-refractivity contribution < 1.29 is 13.4 Å². The molecule has 5 nitrogen and oxygen atoms in total. The van der Waals surface area contributed by atoms with E-state index in [4.69, 9.17) is 4.42 Å². The predicted octanol–water partition coefficient (Wildman–Crippen LogP) is 3.99. The molecular formula is C25H28N2O3S. The van der Waals surface area contributed by atoms with Crippen LogP contribution in [0.1, 0.15) is 33.0 Å². The van der Waals surface area contributed by atoms with Gasteiger partial charge in [-0.15, -0.1) is 0 Å². The molecule has 1 fully saturated rings. The predicted molar refractivity (Wildman–Crippen MR) is 123 cm³/mol. The number of furan rings is 1. The van der Waals surface area contributed by atoms with Gasteiger partial charge in [-0.2, -0.15) is 0 Å². The zero-order valence-corrected chi connectivity index (χ0v) is 18.6. The maximum atomic E-state index is 12.8. The summed E-state index contributed by atoms with van der Waals surface area (Å²) in [5, 5.41) is 0. The molecule has 1 aliphatic heterocycles. The van der Waals surface area contributed by atoms with E-state index in [0.717, 1.165) is 25.2 Å². The van der Waals surface area contributed by atoms with Gasteiger partial charge in [0.1, 0.15) is 5.76 Å². The highest BCUT2D eigenvalue weighted by Crippen LogP contribution is 2.16. The van der Waals surface area contributed by atoms with Crippen LogP contribution in [-0.2, 0) is 28.9 Å². The second kappa shape index (κ2) is 10.1. The topological polar surface area (TPSA) is 53.8 Å². The molecule has 3 aromatic rings. The Balaban J connectivity index is 1.27. The molecule has 1 saturated heterocycles. The largest absolute Gasteiger partial charge is 0.455 e. The fourth-order valence-corrected chi connectivity index (χ4v) is 4.90. The van der Waals surface area contributed by atoms with Gasteiger partial charge in [0.25, 0.3) is 5.91 Å². The number of benzene rings is 2. The number of hydrogen-bond donors (Lipinski definition) is 0. The summed E-state index contributed by atoms with van der Waals surface area (Å²) in [6.45, 7) is 5.98. The van der Waals surface area contributed by atoms with Gasteiger partial charge in [-0.3, -0.25) is 13.9 Å². The Morgan fingerprint density at radius 1 is 0.871 bits per heavy atom. The Morgan fingerprint density at radius 2 is 1.58 bits per heavy atom. The molecule has 0 spiro atoms. The number of carbonyl (C=O) groups excluding carboxylic acids is 1. The fraction of sp³-hybridized carbons (Fsp3) is 0.320. The van der Waals surface area contributed by atoms with Gasteiger partial charge in [0.2, 0.25) is 0 Å². The van der Waals surface area contributed by atoms with Crippen molar-refractivity contribution in [2.75, 3.05) is 26.2 Å². The lowest BCUT2D eigenvalue weighted by atomic mass is 10.2. The quantitative estimate of drug-likeness (QED) is 0.562. The molecule has 31 heavy (non-hydrogen) atoms. The van der Waals surface area contributed by atoms with Crippen LogP contribution < -0.4 is 0 Å². The lowest BCUT2D eigenvalue weighted by molar-refractivity contribution is 0.0596. The van der Waals surface area contributed by atoms with Crippen LogP contribution in [0.4, 0.5) is 0 Å². The van der Waals surface area contributed by atoms with Gasteiger partial charge in [-0.1, -0.05) is 60.2 Å². The highest BCUT2D eigenvalue weighted by molar-refractivity contribution is 7.83. The molecule has 2 heterocycles. The minimum atomic E-state index is -1.08. The van der Waals surface area contributed by atoms with E-state index in [9.17, 15) is 9.00 Å². The van der Waals surface area contributed by atoms with E-state index in [1.807, 2.05) is 42.2 Å². The summed E-state index contributed by atoms with van der Waals surface area (Å²) in [5.74, 6) is 1.63. The van der Waals surface area contributed by atoms with E-state index in [-0.39, 0.29) is 5.91 Å². The van der Waals surface area contributed by atoms with Crippen LogP contribution in [0.5, 0.6) is 0 Å². The van der Waals surface area contributed by atoms with Crippen molar-refractivity contribution in [3.8, 4) is 0 Å². The third-order valence-corrected chi connectivity index (χ3v) is 6.79. The van der Waals surface area contributed by atoms with Gasteiger partial charge in [-0.05, 0) is 30.2 Å². The second-order valence-electron chi connectivity index (χ2n) is 8.03. The van der Waals surface area contributed by atoms with Gasteiger partial charge >= 0.3 is 0 Å². The van der Waals surface area contributed by atoms with Crippen LogP contribution in [0, 0.1) is 6.92 Å². The minimum absolute atomic E-state index is 0.0880. The first-order chi connectivity index (χ1) is 15.1. The second-order valence-corrected chi connectivity index (χ2v) is 9.49. The maximum Gasteiger partial charge on any atom is 0.289 e. The third kappa shape index (κ3) is 5.93. The Hall–Kier alpha value is -2.70. The van der Waals surface area contributed by atoms with E-state index < -0.39 is 10.8 Å². The Labute approximate surface area is 186 Å². The first-order valence-electron chi connectivity index (χ1n) is 10.6. The lowest BCUT2D eigenvalue weighted by Crippen LogP contribution is -2.48. The van der Waals surface area contributed by atoms with Crippen molar-refractivity contribution >= 4 is 16.7 Å². The highest BCUT2D eigenvalue weighted by Gasteiger charge is 2.24. The average Bonchev–Trinajstić information content (AvgIpc) is 3.24. The van der Waals surface area contributed by atoms with Crippen molar-refractivity contribution in [3.05, 3.63) is 94.9 Å². The van der Waals surface area contributed by atoms with Gasteiger partial charge < -0.3 is 9.32 Å². The molecule has 0 aliphatic carbocycles. The van der Waals surface area contributed by atoms with Gasteiger partial charge in [-0.25, -0.2) is 0 Å². The molecular weight excluding hydrogens is 408 g/mol. The average molecular weight is 437 g/mol. The van der Waals surface area contributed by atoms with Crippen molar-refractivity contribution in [2.45, 2.75) is 25.0 Å². The van der Waals surface area contributed by atoms with Crippen LogP contribution in [0.2, 0.25) is 0 Å². The molecule has 1 aliphatic rings. The smallest absolute Gasteiger partial charge is 0.289 e. The fourth-order valence-electron chi connectivity index (χ4n) is 3.76. The SMILES string of the molecule is Cc1ccc(C[S@](=O)Cc2ccc(C(=O)N3CCN(Cc4ccccc4)CC3)o2)cc1. The normalized spacial score (nSPS) is 15.7. The standard InChI is InChI=1S/C25H28N2O3S/c1-20-7-9-22(10-8-20)18-31(29)19-23-11-12-24(30-23)25(28)27-15-13-26(14-16-27)17-21-5-3-2-4-6-21/h2-12H,13-19H2,1H3/t31-/m0/s1. The van der Waals surface area contributed by atoms with Crippen molar-refractivity contribution in [2.24, 2.45) is 0 Å². The number of rotatable bonds is 7. The van der Waals surface area contributed by atoms with Crippen LogP contribution in [0.15, 0.2) is 71.1 Å². The number of nitrogens with zero attached hydrogens (tertiary/aromatic N) is 2. The van der Waals surface area contributed by atoms with Gasteiger partial charge in [0, 0.05) is 49.3 Å². The molecule has 4 rings (SSSR count). The number of aryl methyl sites for hydroxylation is 1. The van der Waals surface area contributed by atoms with Crippen molar-refractivity contribution in [1.29, 1.82) is 0 Å². The zero-order valence-electron chi connectivity index (χ0n) is 17.8. The zero-order chi connectivity index (χ0) is 21.6. The molecule has 0 radical (unpaired) electrons. The van der Waals surface area contributed by atoms with Crippen LogP contribution in [0.3, 0.4) is 0 Å². The number of amides is 1. The van der Waals surface area contributed by atoms with E-state index >= 15 is 0 Å². The first-order valence-corrected chi connectivity index (χ1v) is 12.1. The van der Waals surface area contributed by atoms with E-state index in [0.29, 0.717) is 36.1 Å². The maximum absolute atomic E-state index is 12.8. The van der Waals surface area contributed by atoms with E-state index in [2.05, 4.69) is 29.2 Å². The van der Waals surface area contributed by atoms with Crippen LogP contribution >= 0.6 is 0 Å². The van der Waals surface area contributed by atoms with Crippen molar-refractivity contribution in [3.63, 3.8) is 0 Å². The van der Waals surface area contributed by atoms with Crippen LogP contribution in [-0.4, -0.2) is 46.1 Å². The summed E-state index contributed by atoms with van der Waals surface area (Å²) in [6.07, 6.45) is 0. The summed E-state index contributed by atoms with van der Waals surface area (Å²) < 4.78 is 18.2.